The highest BCUT2D eigenvalue weighted by Gasteiger charge is 2.20. The Kier molecular flexibility index (Phi) is 5.79. The van der Waals surface area contributed by atoms with Crippen LogP contribution >= 0.6 is 15.9 Å². The van der Waals surface area contributed by atoms with Crippen molar-refractivity contribution in [1.29, 1.82) is 0 Å². The lowest BCUT2D eigenvalue weighted by Gasteiger charge is -2.27. The van der Waals surface area contributed by atoms with E-state index in [0.29, 0.717) is 10.4 Å². The van der Waals surface area contributed by atoms with Crippen molar-refractivity contribution >= 4 is 15.9 Å². The Bertz CT molecular complexity index is 407. The standard InChI is InChI=1S/C15H21BrFNO/c1-2-18-15(9-11-5-7-19-8-6-11)12-3-4-13(16)14(17)10-12/h3-4,10-11,15,18H,2,5-9H2,1H3. The van der Waals surface area contributed by atoms with E-state index < -0.39 is 0 Å². The Morgan fingerprint density at radius 1 is 1.42 bits per heavy atom. The van der Waals surface area contributed by atoms with Crippen LogP contribution < -0.4 is 5.32 Å². The number of hydrogen-bond acceptors (Lipinski definition) is 2. The Labute approximate surface area is 122 Å². The highest BCUT2D eigenvalue weighted by Crippen LogP contribution is 2.29. The minimum absolute atomic E-state index is 0.188. The maximum Gasteiger partial charge on any atom is 0.137 e. The first-order chi connectivity index (χ1) is 9.20. The molecule has 4 heteroatoms. The molecule has 1 fully saturated rings. The molecule has 1 saturated heterocycles. The maximum absolute atomic E-state index is 13.7. The van der Waals surface area contributed by atoms with Crippen LogP contribution in [0.15, 0.2) is 22.7 Å². The van der Waals surface area contributed by atoms with E-state index in [-0.39, 0.29) is 11.9 Å². The molecule has 106 valence electrons. The predicted molar refractivity (Wildman–Crippen MR) is 78.7 cm³/mol. The molecule has 1 unspecified atom stereocenters. The summed E-state index contributed by atoms with van der Waals surface area (Å²) < 4.78 is 19.6. The van der Waals surface area contributed by atoms with E-state index in [1.54, 1.807) is 12.1 Å². The van der Waals surface area contributed by atoms with Crippen molar-refractivity contribution in [2.45, 2.75) is 32.2 Å². The average Bonchev–Trinajstić information content (AvgIpc) is 2.43. The van der Waals surface area contributed by atoms with Gasteiger partial charge < -0.3 is 10.1 Å². The molecular weight excluding hydrogens is 309 g/mol. The molecule has 1 aliphatic rings. The van der Waals surface area contributed by atoms with Crippen molar-refractivity contribution in [3.8, 4) is 0 Å². The fourth-order valence-corrected chi connectivity index (χ4v) is 2.87. The van der Waals surface area contributed by atoms with Crippen LogP contribution in [0.1, 0.15) is 37.8 Å². The summed E-state index contributed by atoms with van der Waals surface area (Å²) in [7, 11) is 0. The third kappa shape index (κ3) is 4.26. The first-order valence-corrected chi connectivity index (χ1v) is 7.76. The van der Waals surface area contributed by atoms with Crippen molar-refractivity contribution in [2.24, 2.45) is 5.92 Å². The van der Waals surface area contributed by atoms with Crippen LogP contribution in [-0.2, 0) is 4.74 Å². The van der Waals surface area contributed by atoms with Gasteiger partial charge in [-0.3, -0.25) is 0 Å². The summed E-state index contributed by atoms with van der Waals surface area (Å²) in [4.78, 5) is 0. The molecular formula is C15H21BrFNO. The molecule has 0 radical (unpaired) electrons. The minimum Gasteiger partial charge on any atom is -0.381 e. The number of benzene rings is 1. The van der Waals surface area contributed by atoms with Gasteiger partial charge >= 0.3 is 0 Å². The Hall–Kier alpha value is -0.450. The topological polar surface area (TPSA) is 21.3 Å². The van der Waals surface area contributed by atoms with E-state index in [0.717, 1.165) is 44.6 Å². The summed E-state index contributed by atoms with van der Waals surface area (Å²) in [5, 5.41) is 3.47. The molecule has 0 aromatic heterocycles. The second-order valence-corrected chi connectivity index (χ2v) is 5.93. The van der Waals surface area contributed by atoms with E-state index in [2.05, 4.69) is 28.2 Å². The van der Waals surface area contributed by atoms with Crippen molar-refractivity contribution < 1.29 is 9.13 Å². The summed E-state index contributed by atoms with van der Waals surface area (Å²) in [5.41, 5.74) is 1.04. The van der Waals surface area contributed by atoms with Crippen LogP contribution in [0, 0.1) is 11.7 Å². The molecule has 1 atom stereocenters. The van der Waals surface area contributed by atoms with E-state index >= 15 is 0 Å². The zero-order valence-corrected chi connectivity index (χ0v) is 12.9. The van der Waals surface area contributed by atoms with Gasteiger partial charge in [-0.15, -0.1) is 0 Å². The van der Waals surface area contributed by atoms with Gasteiger partial charge in [0.1, 0.15) is 5.82 Å². The molecule has 1 aromatic carbocycles. The molecule has 2 nitrogen and oxygen atoms in total. The third-order valence-electron chi connectivity index (χ3n) is 3.71. The van der Waals surface area contributed by atoms with E-state index in [4.69, 9.17) is 4.74 Å². The lowest BCUT2D eigenvalue weighted by atomic mass is 9.89. The average molecular weight is 330 g/mol. The summed E-state index contributed by atoms with van der Waals surface area (Å²) in [6.45, 7) is 4.70. The molecule has 1 heterocycles. The van der Waals surface area contributed by atoms with Crippen LogP contribution in [-0.4, -0.2) is 19.8 Å². The predicted octanol–water partition coefficient (Wildman–Crippen LogP) is 4.06. The van der Waals surface area contributed by atoms with Crippen molar-refractivity contribution in [1.82, 2.24) is 5.32 Å². The summed E-state index contributed by atoms with van der Waals surface area (Å²) in [5.74, 6) is 0.483. The summed E-state index contributed by atoms with van der Waals surface area (Å²) in [6.07, 6.45) is 3.28. The van der Waals surface area contributed by atoms with Crippen LogP contribution in [0.2, 0.25) is 0 Å². The zero-order valence-electron chi connectivity index (χ0n) is 11.3. The van der Waals surface area contributed by atoms with Gasteiger partial charge in [0.2, 0.25) is 0 Å². The van der Waals surface area contributed by atoms with Gasteiger partial charge in [-0.1, -0.05) is 13.0 Å². The molecule has 0 aliphatic carbocycles. The highest BCUT2D eigenvalue weighted by molar-refractivity contribution is 9.10. The minimum atomic E-state index is -0.188. The molecule has 0 amide bonds. The number of nitrogens with one attached hydrogen (secondary N) is 1. The van der Waals surface area contributed by atoms with Crippen LogP contribution in [0.3, 0.4) is 0 Å². The van der Waals surface area contributed by atoms with Crippen LogP contribution in [0.4, 0.5) is 4.39 Å². The van der Waals surface area contributed by atoms with Gasteiger partial charge in [0, 0.05) is 19.3 Å². The Balaban J connectivity index is 2.07. The summed E-state index contributed by atoms with van der Waals surface area (Å²) >= 11 is 3.20. The van der Waals surface area contributed by atoms with Gasteiger partial charge in [0.15, 0.2) is 0 Å². The molecule has 0 saturated carbocycles. The number of hydrogen-bond donors (Lipinski definition) is 1. The molecule has 0 spiro atoms. The molecule has 1 aromatic rings. The van der Waals surface area contributed by atoms with Gasteiger partial charge in [-0.25, -0.2) is 4.39 Å². The maximum atomic E-state index is 13.7. The first-order valence-electron chi connectivity index (χ1n) is 6.96. The van der Waals surface area contributed by atoms with Crippen molar-refractivity contribution in [3.63, 3.8) is 0 Å². The van der Waals surface area contributed by atoms with E-state index in [1.165, 1.54) is 0 Å². The van der Waals surface area contributed by atoms with Crippen LogP contribution in [0.25, 0.3) is 0 Å². The number of ether oxygens (including phenoxy) is 1. The first kappa shape index (κ1) is 14.9. The summed E-state index contributed by atoms with van der Waals surface area (Å²) in [6, 6.07) is 5.66. The fraction of sp³-hybridized carbons (Fsp3) is 0.600. The SMILES string of the molecule is CCNC(CC1CCOCC1)c1ccc(Br)c(F)c1. The quantitative estimate of drug-likeness (QED) is 0.879. The second-order valence-electron chi connectivity index (χ2n) is 5.08. The normalized spacial score (nSPS) is 18.5. The zero-order chi connectivity index (χ0) is 13.7. The molecule has 1 aliphatic heterocycles. The van der Waals surface area contributed by atoms with E-state index in [9.17, 15) is 4.39 Å². The highest BCUT2D eigenvalue weighted by atomic mass is 79.9. The number of rotatable bonds is 5. The van der Waals surface area contributed by atoms with Gasteiger partial charge in [0.25, 0.3) is 0 Å². The monoisotopic (exact) mass is 329 g/mol. The van der Waals surface area contributed by atoms with Gasteiger partial charge in [0.05, 0.1) is 4.47 Å². The van der Waals surface area contributed by atoms with Crippen molar-refractivity contribution in [3.05, 3.63) is 34.1 Å². The van der Waals surface area contributed by atoms with E-state index in [1.807, 2.05) is 6.07 Å². The Morgan fingerprint density at radius 2 is 2.16 bits per heavy atom. The lowest BCUT2D eigenvalue weighted by molar-refractivity contribution is 0.0605. The number of halogens is 2. The van der Waals surface area contributed by atoms with Gasteiger partial charge in [-0.05, 0) is 65.4 Å². The second kappa shape index (κ2) is 7.36. The lowest BCUT2D eigenvalue weighted by Crippen LogP contribution is -2.26. The molecule has 19 heavy (non-hydrogen) atoms. The molecule has 2 rings (SSSR count). The largest absolute Gasteiger partial charge is 0.381 e. The van der Waals surface area contributed by atoms with Gasteiger partial charge in [-0.2, -0.15) is 0 Å². The third-order valence-corrected chi connectivity index (χ3v) is 4.35. The van der Waals surface area contributed by atoms with Crippen LogP contribution in [0.5, 0.6) is 0 Å². The van der Waals surface area contributed by atoms with Crippen molar-refractivity contribution in [2.75, 3.05) is 19.8 Å². The molecule has 1 N–H and O–H groups in total. The smallest absolute Gasteiger partial charge is 0.137 e. The molecule has 0 bridgehead atoms. The Morgan fingerprint density at radius 3 is 2.79 bits per heavy atom. The fourth-order valence-electron chi connectivity index (χ4n) is 2.63.